The van der Waals surface area contributed by atoms with Crippen LogP contribution < -0.4 is 0 Å². The molecule has 1 aromatic rings. The molecule has 4 nitrogen and oxygen atoms in total. The summed E-state index contributed by atoms with van der Waals surface area (Å²) in [6, 6.07) is 7.13. The number of aliphatic hydroxyl groups excluding tert-OH is 1. The van der Waals surface area contributed by atoms with E-state index in [0.29, 0.717) is 11.4 Å². The number of benzene rings is 1. The summed E-state index contributed by atoms with van der Waals surface area (Å²) in [5.41, 5.74) is 1.18. The van der Waals surface area contributed by atoms with E-state index in [4.69, 9.17) is 5.11 Å². The van der Waals surface area contributed by atoms with E-state index in [9.17, 15) is 8.42 Å². The normalized spacial score (nSPS) is 12.0. The molecule has 0 aromatic heterocycles. The molecule has 0 aliphatic heterocycles. The monoisotopic (exact) mass is 313 g/mol. The maximum atomic E-state index is 12.4. The highest BCUT2D eigenvalue weighted by Crippen LogP contribution is 2.17. The Morgan fingerprint density at radius 3 is 2.24 bits per heavy atom. The van der Waals surface area contributed by atoms with Crippen LogP contribution in [0.2, 0.25) is 0 Å². The number of hydrogen-bond donors (Lipinski definition) is 1. The molecule has 1 rings (SSSR count). The summed E-state index contributed by atoms with van der Waals surface area (Å²) in [5, 5.41) is 8.96. The third-order valence-corrected chi connectivity index (χ3v) is 5.57. The van der Waals surface area contributed by atoms with Gasteiger partial charge >= 0.3 is 0 Å². The van der Waals surface area contributed by atoms with E-state index in [-0.39, 0.29) is 13.2 Å². The van der Waals surface area contributed by atoms with Crippen molar-refractivity contribution in [1.29, 1.82) is 0 Å². The molecule has 120 valence electrons. The summed E-state index contributed by atoms with van der Waals surface area (Å²) in [4.78, 5) is 0.301. The lowest BCUT2D eigenvalue weighted by molar-refractivity contribution is 0.257. The zero-order chi connectivity index (χ0) is 15.7. The molecular weight excluding hydrogens is 286 g/mol. The van der Waals surface area contributed by atoms with Gasteiger partial charge in [0.05, 0.1) is 11.5 Å². The van der Waals surface area contributed by atoms with Crippen molar-refractivity contribution in [2.24, 2.45) is 0 Å². The molecule has 0 heterocycles. The van der Waals surface area contributed by atoms with Crippen molar-refractivity contribution in [2.45, 2.75) is 50.8 Å². The second-order valence-electron chi connectivity index (χ2n) is 5.17. The highest BCUT2D eigenvalue weighted by molar-refractivity contribution is 7.89. The van der Waals surface area contributed by atoms with Gasteiger partial charge in [-0.1, -0.05) is 45.2 Å². The largest absolute Gasteiger partial charge is 0.395 e. The van der Waals surface area contributed by atoms with Crippen molar-refractivity contribution in [3.05, 3.63) is 29.8 Å². The van der Waals surface area contributed by atoms with Gasteiger partial charge in [0.15, 0.2) is 0 Å². The molecular formula is C16H27NO3S. The SMILES string of the molecule is CCCCCCc1ccc(S(=O)(=O)N(CC)CCO)cc1. The Labute approximate surface area is 128 Å². The van der Waals surface area contributed by atoms with Crippen LogP contribution in [0, 0.1) is 0 Å². The Hall–Kier alpha value is -0.910. The lowest BCUT2D eigenvalue weighted by Crippen LogP contribution is -2.33. The first-order chi connectivity index (χ1) is 10.1. The Bertz CT molecular complexity index is 497. The molecule has 0 atom stereocenters. The topological polar surface area (TPSA) is 57.6 Å². The molecule has 0 unspecified atom stereocenters. The summed E-state index contributed by atoms with van der Waals surface area (Å²) in [5.74, 6) is 0. The van der Waals surface area contributed by atoms with Gasteiger partial charge in [-0.3, -0.25) is 0 Å². The van der Waals surface area contributed by atoms with Crippen LogP contribution in [0.15, 0.2) is 29.2 Å². The van der Waals surface area contributed by atoms with E-state index < -0.39 is 10.0 Å². The molecule has 0 saturated heterocycles. The van der Waals surface area contributed by atoms with E-state index in [1.807, 2.05) is 12.1 Å². The number of sulfonamides is 1. The highest BCUT2D eigenvalue weighted by Gasteiger charge is 2.22. The number of unbranched alkanes of at least 4 members (excludes halogenated alkanes) is 3. The van der Waals surface area contributed by atoms with Crippen LogP contribution in [-0.4, -0.2) is 37.5 Å². The van der Waals surface area contributed by atoms with Crippen LogP contribution >= 0.6 is 0 Å². The van der Waals surface area contributed by atoms with Crippen molar-refractivity contribution in [3.8, 4) is 0 Å². The van der Waals surface area contributed by atoms with E-state index >= 15 is 0 Å². The predicted octanol–water partition coefficient (Wildman–Crippen LogP) is 2.81. The third kappa shape index (κ3) is 5.41. The quantitative estimate of drug-likeness (QED) is 0.676. The average Bonchev–Trinajstić information content (AvgIpc) is 2.49. The van der Waals surface area contributed by atoms with E-state index in [0.717, 1.165) is 12.8 Å². The molecule has 0 aliphatic rings. The lowest BCUT2D eigenvalue weighted by atomic mass is 10.1. The summed E-state index contributed by atoms with van der Waals surface area (Å²) >= 11 is 0. The molecule has 0 bridgehead atoms. The number of aryl methyl sites for hydroxylation is 1. The van der Waals surface area contributed by atoms with Crippen LogP contribution in [0.4, 0.5) is 0 Å². The number of aliphatic hydroxyl groups is 1. The van der Waals surface area contributed by atoms with Gasteiger partial charge in [0.1, 0.15) is 0 Å². The van der Waals surface area contributed by atoms with Crippen LogP contribution in [0.25, 0.3) is 0 Å². The van der Waals surface area contributed by atoms with Crippen LogP contribution in [0.3, 0.4) is 0 Å². The summed E-state index contributed by atoms with van der Waals surface area (Å²) in [7, 11) is -3.49. The standard InChI is InChI=1S/C16H27NO3S/c1-3-5-6-7-8-15-9-11-16(12-10-15)21(19,20)17(4-2)13-14-18/h9-12,18H,3-8,13-14H2,1-2H3. The molecule has 0 radical (unpaired) electrons. The second kappa shape index (κ2) is 9.18. The molecule has 0 aliphatic carbocycles. The van der Waals surface area contributed by atoms with Crippen molar-refractivity contribution in [3.63, 3.8) is 0 Å². The van der Waals surface area contributed by atoms with Gasteiger partial charge in [-0.15, -0.1) is 0 Å². The zero-order valence-electron chi connectivity index (χ0n) is 13.1. The van der Waals surface area contributed by atoms with Crippen LogP contribution in [0.5, 0.6) is 0 Å². The van der Waals surface area contributed by atoms with Gasteiger partial charge in [-0.2, -0.15) is 4.31 Å². The van der Waals surface area contributed by atoms with E-state index in [1.54, 1.807) is 19.1 Å². The maximum Gasteiger partial charge on any atom is 0.243 e. The molecule has 0 spiro atoms. The Morgan fingerprint density at radius 1 is 1.05 bits per heavy atom. The molecule has 5 heteroatoms. The van der Waals surface area contributed by atoms with Gasteiger partial charge in [0.25, 0.3) is 0 Å². The molecule has 0 amide bonds. The fraction of sp³-hybridized carbons (Fsp3) is 0.625. The van der Waals surface area contributed by atoms with E-state index in [2.05, 4.69) is 6.92 Å². The molecule has 1 N–H and O–H groups in total. The molecule has 0 saturated carbocycles. The van der Waals surface area contributed by atoms with Gasteiger partial charge in [-0.25, -0.2) is 8.42 Å². The Balaban J connectivity index is 2.72. The summed E-state index contributed by atoms with van der Waals surface area (Å²) in [6.45, 7) is 4.29. The maximum absolute atomic E-state index is 12.4. The third-order valence-electron chi connectivity index (χ3n) is 3.58. The van der Waals surface area contributed by atoms with Gasteiger partial charge in [0, 0.05) is 13.1 Å². The predicted molar refractivity (Wildman–Crippen MR) is 85.8 cm³/mol. The molecule has 0 fully saturated rings. The first-order valence-corrected chi connectivity index (χ1v) is 9.20. The van der Waals surface area contributed by atoms with Gasteiger partial charge < -0.3 is 5.11 Å². The van der Waals surface area contributed by atoms with Crippen LogP contribution in [-0.2, 0) is 16.4 Å². The summed E-state index contributed by atoms with van der Waals surface area (Å²) in [6.07, 6.45) is 5.82. The minimum absolute atomic E-state index is 0.137. The average molecular weight is 313 g/mol. The van der Waals surface area contributed by atoms with Crippen LogP contribution in [0.1, 0.15) is 45.1 Å². The fourth-order valence-electron chi connectivity index (χ4n) is 2.29. The summed E-state index contributed by atoms with van der Waals surface area (Å²) < 4.78 is 26.1. The van der Waals surface area contributed by atoms with Gasteiger partial charge in [0.2, 0.25) is 10.0 Å². The van der Waals surface area contributed by atoms with Crippen molar-refractivity contribution >= 4 is 10.0 Å². The second-order valence-corrected chi connectivity index (χ2v) is 7.11. The Kier molecular flexibility index (Phi) is 7.93. The Morgan fingerprint density at radius 2 is 1.71 bits per heavy atom. The number of hydrogen-bond acceptors (Lipinski definition) is 3. The number of nitrogens with zero attached hydrogens (tertiary/aromatic N) is 1. The van der Waals surface area contributed by atoms with Crippen molar-refractivity contribution < 1.29 is 13.5 Å². The van der Waals surface area contributed by atoms with E-state index in [1.165, 1.54) is 29.1 Å². The lowest BCUT2D eigenvalue weighted by Gasteiger charge is -2.19. The number of rotatable bonds is 10. The minimum atomic E-state index is -3.49. The highest BCUT2D eigenvalue weighted by atomic mass is 32.2. The number of likely N-dealkylation sites (N-methyl/N-ethyl adjacent to an activating group) is 1. The molecule has 21 heavy (non-hydrogen) atoms. The first kappa shape index (κ1) is 18.1. The molecule has 1 aromatic carbocycles. The van der Waals surface area contributed by atoms with Crippen molar-refractivity contribution in [2.75, 3.05) is 19.7 Å². The minimum Gasteiger partial charge on any atom is -0.395 e. The van der Waals surface area contributed by atoms with Crippen molar-refractivity contribution in [1.82, 2.24) is 4.31 Å². The zero-order valence-corrected chi connectivity index (χ0v) is 13.9. The van der Waals surface area contributed by atoms with Gasteiger partial charge in [-0.05, 0) is 30.5 Å². The fourth-order valence-corrected chi connectivity index (χ4v) is 3.73. The first-order valence-electron chi connectivity index (χ1n) is 7.76. The smallest absolute Gasteiger partial charge is 0.243 e.